The van der Waals surface area contributed by atoms with Gasteiger partial charge in [0.1, 0.15) is 5.82 Å². The Bertz CT molecular complexity index is 538. The minimum atomic E-state index is -0.198. The summed E-state index contributed by atoms with van der Waals surface area (Å²) in [5.41, 5.74) is 1.70. The first-order valence-corrected chi connectivity index (χ1v) is 7.11. The first-order chi connectivity index (χ1) is 8.63. The third kappa shape index (κ3) is 2.74. The van der Waals surface area contributed by atoms with Crippen molar-refractivity contribution in [1.82, 2.24) is 5.32 Å². The summed E-state index contributed by atoms with van der Waals surface area (Å²) in [5, 5.41) is 5.91. The molecule has 0 saturated heterocycles. The zero-order valence-electron chi connectivity index (χ0n) is 10.3. The first-order valence-electron chi connectivity index (χ1n) is 5.85. The van der Waals surface area contributed by atoms with Crippen LogP contribution in [0.1, 0.15) is 29.0 Å². The molecule has 1 N–H and O–H groups in total. The minimum Gasteiger partial charge on any atom is -0.306 e. The molecule has 1 aromatic heterocycles. The second-order valence-electron chi connectivity index (χ2n) is 4.15. The largest absolute Gasteiger partial charge is 0.306 e. The summed E-state index contributed by atoms with van der Waals surface area (Å²) in [6, 6.07) is 6.83. The summed E-state index contributed by atoms with van der Waals surface area (Å²) in [7, 11) is 0. The Kier molecular flexibility index (Phi) is 4.38. The van der Waals surface area contributed by atoms with Crippen LogP contribution in [-0.2, 0) is 0 Å². The zero-order chi connectivity index (χ0) is 13.1. The minimum absolute atomic E-state index is 0.178. The van der Waals surface area contributed by atoms with Crippen molar-refractivity contribution in [3.05, 3.63) is 56.5 Å². The lowest BCUT2D eigenvalue weighted by Gasteiger charge is -2.19. The molecule has 0 bridgehead atoms. The average molecular weight is 284 g/mol. The van der Waals surface area contributed by atoms with Crippen LogP contribution in [0.4, 0.5) is 4.39 Å². The van der Waals surface area contributed by atoms with E-state index in [1.807, 2.05) is 31.4 Å². The van der Waals surface area contributed by atoms with Crippen molar-refractivity contribution >= 4 is 22.9 Å². The highest BCUT2D eigenvalue weighted by molar-refractivity contribution is 7.10. The van der Waals surface area contributed by atoms with Gasteiger partial charge in [0.25, 0.3) is 0 Å². The molecule has 1 unspecified atom stereocenters. The lowest BCUT2D eigenvalue weighted by molar-refractivity contribution is 0.562. The number of benzene rings is 1. The van der Waals surface area contributed by atoms with Gasteiger partial charge in [-0.1, -0.05) is 36.2 Å². The summed E-state index contributed by atoms with van der Waals surface area (Å²) in [4.78, 5) is 0.961. The summed E-state index contributed by atoms with van der Waals surface area (Å²) >= 11 is 7.71. The highest BCUT2D eigenvalue weighted by Gasteiger charge is 2.20. The maximum Gasteiger partial charge on any atom is 0.128 e. The first kappa shape index (κ1) is 13.5. The number of rotatable bonds is 4. The SMILES string of the molecule is CCNC(c1cc(C)ccc1F)c1sccc1Cl. The van der Waals surface area contributed by atoms with Gasteiger partial charge in [0.05, 0.1) is 11.1 Å². The van der Waals surface area contributed by atoms with E-state index in [-0.39, 0.29) is 11.9 Å². The second-order valence-corrected chi connectivity index (χ2v) is 5.50. The number of aryl methyl sites for hydroxylation is 1. The van der Waals surface area contributed by atoms with E-state index in [1.54, 1.807) is 17.4 Å². The second kappa shape index (κ2) is 5.83. The molecule has 1 aromatic carbocycles. The Labute approximate surface area is 116 Å². The Hall–Kier alpha value is -0.900. The van der Waals surface area contributed by atoms with Gasteiger partial charge >= 0.3 is 0 Å². The fourth-order valence-corrected chi connectivity index (χ4v) is 3.20. The molecular weight excluding hydrogens is 269 g/mol. The molecule has 0 aliphatic heterocycles. The Morgan fingerprint density at radius 3 is 2.78 bits per heavy atom. The summed E-state index contributed by atoms with van der Waals surface area (Å²) in [6.45, 7) is 4.72. The van der Waals surface area contributed by atoms with Crippen molar-refractivity contribution in [3.63, 3.8) is 0 Å². The molecule has 18 heavy (non-hydrogen) atoms. The molecule has 4 heteroatoms. The predicted molar refractivity (Wildman–Crippen MR) is 76.0 cm³/mol. The van der Waals surface area contributed by atoms with Crippen molar-refractivity contribution < 1.29 is 4.39 Å². The lowest BCUT2D eigenvalue weighted by atomic mass is 10.0. The van der Waals surface area contributed by atoms with Gasteiger partial charge in [-0.05, 0) is 31.0 Å². The predicted octanol–water partition coefficient (Wildman–Crippen LogP) is 4.55. The van der Waals surface area contributed by atoms with E-state index in [0.29, 0.717) is 10.6 Å². The lowest BCUT2D eigenvalue weighted by Crippen LogP contribution is -2.22. The average Bonchev–Trinajstić information content (AvgIpc) is 2.76. The van der Waals surface area contributed by atoms with Gasteiger partial charge in [-0.15, -0.1) is 11.3 Å². The summed E-state index contributed by atoms with van der Waals surface area (Å²) in [5.74, 6) is -0.198. The van der Waals surface area contributed by atoms with Crippen LogP contribution in [0.5, 0.6) is 0 Å². The van der Waals surface area contributed by atoms with Crippen LogP contribution in [0.2, 0.25) is 5.02 Å². The van der Waals surface area contributed by atoms with Crippen LogP contribution in [0, 0.1) is 12.7 Å². The van der Waals surface area contributed by atoms with Crippen LogP contribution in [0.25, 0.3) is 0 Å². The van der Waals surface area contributed by atoms with Gasteiger partial charge in [0.15, 0.2) is 0 Å². The highest BCUT2D eigenvalue weighted by Crippen LogP contribution is 2.34. The molecule has 0 saturated carbocycles. The summed E-state index contributed by atoms with van der Waals surface area (Å²) in [6.07, 6.45) is 0. The molecule has 1 atom stereocenters. The molecule has 0 radical (unpaired) electrons. The van der Waals surface area contributed by atoms with Crippen molar-refractivity contribution in [2.45, 2.75) is 19.9 Å². The van der Waals surface area contributed by atoms with E-state index in [0.717, 1.165) is 17.0 Å². The third-order valence-corrected chi connectivity index (χ3v) is 4.20. The normalized spacial score (nSPS) is 12.7. The smallest absolute Gasteiger partial charge is 0.128 e. The van der Waals surface area contributed by atoms with Crippen LogP contribution in [0.15, 0.2) is 29.6 Å². The third-order valence-electron chi connectivity index (χ3n) is 2.78. The van der Waals surface area contributed by atoms with E-state index in [1.165, 1.54) is 6.07 Å². The van der Waals surface area contributed by atoms with Crippen molar-refractivity contribution in [2.24, 2.45) is 0 Å². The maximum absolute atomic E-state index is 14.0. The Morgan fingerprint density at radius 1 is 1.39 bits per heavy atom. The molecule has 0 spiro atoms. The molecule has 0 amide bonds. The molecule has 0 aliphatic rings. The fourth-order valence-electron chi connectivity index (χ4n) is 1.94. The molecule has 0 fully saturated rings. The van der Waals surface area contributed by atoms with Crippen molar-refractivity contribution in [1.29, 1.82) is 0 Å². The number of halogens is 2. The quantitative estimate of drug-likeness (QED) is 0.868. The molecule has 96 valence electrons. The molecule has 1 nitrogen and oxygen atoms in total. The highest BCUT2D eigenvalue weighted by atomic mass is 35.5. The number of hydrogen-bond acceptors (Lipinski definition) is 2. The van der Waals surface area contributed by atoms with Gasteiger partial charge in [-0.25, -0.2) is 4.39 Å². The van der Waals surface area contributed by atoms with E-state index in [4.69, 9.17) is 11.6 Å². The molecule has 2 rings (SSSR count). The number of hydrogen-bond donors (Lipinski definition) is 1. The Balaban J connectivity index is 2.48. The van der Waals surface area contributed by atoms with Gasteiger partial charge in [-0.2, -0.15) is 0 Å². The molecule has 2 aromatic rings. The Morgan fingerprint density at radius 2 is 2.17 bits per heavy atom. The van der Waals surface area contributed by atoms with Crippen LogP contribution >= 0.6 is 22.9 Å². The maximum atomic E-state index is 14.0. The number of nitrogens with one attached hydrogen (secondary N) is 1. The van der Waals surface area contributed by atoms with Crippen molar-refractivity contribution in [3.8, 4) is 0 Å². The molecular formula is C14H15ClFNS. The van der Waals surface area contributed by atoms with Crippen LogP contribution in [-0.4, -0.2) is 6.54 Å². The van der Waals surface area contributed by atoms with Gasteiger partial charge in [0.2, 0.25) is 0 Å². The van der Waals surface area contributed by atoms with Gasteiger partial charge in [0, 0.05) is 10.4 Å². The van der Waals surface area contributed by atoms with E-state index < -0.39 is 0 Å². The van der Waals surface area contributed by atoms with E-state index >= 15 is 0 Å². The van der Waals surface area contributed by atoms with E-state index in [2.05, 4.69) is 5.32 Å². The molecule has 1 heterocycles. The van der Waals surface area contributed by atoms with Crippen LogP contribution < -0.4 is 5.32 Å². The van der Waals surface area contributed by atoms with E-state index in [9.17, 15) is 4.39 Å². The van der Waals surface area contributed by atoms with Gasteiger partial charge in [-0.3, -0.25) is 0 Å². The van der Waals surface area contributed by atoms with Crippen molar-refractivity contribution in [2.75, 3.05) is 6.54 Å². The monoisotopic (exact) mass is 283 g/mol. The topological polar surface area (TPSA) is 12.0 Å². The molecule has 0 aliphatic carbocycles. The van der Waals surface area contributed by atoms with Crippen LogP contribution in [0.3, 0.4) is 0 Å². The fraction of sp³-hybridized carbons (Fsp3) is 0.286. The van der Waals surface area contributed by atoms with Gasteiger partial charge < -0.3 is 5.32 Å². The number of thiophene rings is 1. The standard InChI is InChI=1S/C14H15ClFNS/c1-3-17-13(14-11(15)6-7-18-14)10-8-9(2)4-5-12(10)16/h4-8,13,17H,3H2,1-2H3. The zero-order valence-corrected chi connectivity index (χ0v) is 11.9. The summed E-state index contributed by atoms with van der Waals surface area (Å²) < 4.78 is 14.0.